The number of nitrogens with two attached hydrogens (primary N) is 2. The molecule has 1 saturated heterocycles. The fourth-order valence-corrected chi connectivity index (χ4v) is 3.13. The summed E-state index contributed by atoms with van der Waals surface area (Å²) in [5.41, 5.74) is 12.7. The van der Waals surface area contributed by atoms with Gasteiger partial charge in [0.2, 0.25) is 0 Å². The minimum Gasteiger partial charge on any atom is -0.368 e. The topological polar surface area (TPSA) is 72.3 Å². The summed E-state index contributed by atoms with van der Waals surface area (Å²) < 4.78 is 0.873. The number of carbonyl (C=O) groups excluding carboxylic acids is 1. The van der Waals surface area contributed by atoms with Crippen LogP contribution < -0.4 is 16.4 Å². The van der Waals surface area contributed by atoms with Gasteiger partial charge in [-0.1, -0.05) is 15.9 Å². The lowest BCUT2D eigenvalue weighted by molar-refractivity contribution is 0.100. The molecule has 1 unspecified atom stereocenters. The lowest BCUT2D eigenvalue weighted by atomic mass is 9.97. The third-order valence-corrected chi connectivity index (χ3v) is 4.15. The SMILES string of the molecule is NCCC1CCCCN1c1ccc(Br)cc1C(N)=O. The number of piperidine rings is 1. The quantitative estimate of drug-likeness (QED) is 0.891. The molecular weight excluding hydrogens is 306 g/mol. The van der Waals surface area contributed by atoms with Crippen LogP contribution in [0.15, 0.2) is 22.7 Å². The molecule has 104 valence electrons. The van der Waals surface area contributed by atoms with Crippen molar-refractivity contribution in [1.29, 1.82) is 0 Å². The van der Waals surface area contributed by atoms with E-state index < -0.39 is 0 Å². The number of nitrogens with zero attached hydrogens (tertiary/aromatic N) is 1. The van der Waals surface area contributed by atoms with Crippen molar-refractivity contribution in [3.8, 4) is 0 Å². The monoisotopic (exact) mass is 325 g/mol. The van der Waals surface area contributed by atoms with Crippen LogP contribution >= 0.6 is 15.9 Å². The second-order valence-electron chi connectivity index (χ2n) is 4.95. The second-order valence-corrected chi connectivity index (χ2v) is 5.86. The van der Waals surface area contributed by atoms with E-state index in [2.05, 4.69) is 20.8 Å². The van der Waals surface area contributed by atoms with Crippen LogP contribution in [-0.2, 0) is 0 Å². The molecule has 1 aromatic carbocycles. The Hall–Kier alpha value is -1.07. The third kappa shape index (κ3) is 3.28. The maximum atomic E-state index is 11.6. The van der Waals surface area contributed by atoms with Gasteiger partial charge in [-0.3, -0.25) is 4.79 Å². The van der Waals surface area contributed by atoms with Crippen molar-refractivity contribution < 1.29 is 4.79 Å². The van der Waals surface area contributed by atoms with Crippen LogP contribution in [0.4, 0.5) is 5.69 Å². The predicted octanol–water partition coefficient (Wildman–Crippen LogP) is 2.26. The molecule has 5 heteroatoms. The molecule has 2 rings (SSSR count). The van der Waals surface area contributed by atoms with Crippen LogP contribution in [0.2, 0.25) is 0 Å². The summed E-state index contributed by atoms with van der Waals surface area (Å²) in [5.74, 6) is -0.381. The molecule has 4 N–H and O–H groups in total. The van der Waals surface area contributed by atoms with Gasteiger partial charge < -0.3 is 16.4 Å². The molecule has 0 saturated carbocycles. The Bertz CT molecular complexity index is 462. The number of hydrogen-bond donors (Lipinski definition) is 2. The van der Waals surface area contributed by atoms with E-state index in [0.717, 1.165) is 36.0 Å². The first kappa shape index (κ1) is 14.3. The van der Waals surface area contributed by atoms with Gasteiger partial charge in [-0.25, -0.2) is 0 Å². The largest absolute Gasteiger partial charge is 0.368 e. The van der Waals surface area contributed by atoms with Crippen molar-refractivity contribution in [1.82, 2.24) is 0 Å². The molecule has 0 aromatic heterocycles. The molecule has 1 aliphatic rings. The van der Waals surface area contributed by atoms with Crippen LogP contribution in [0.3, 0.4) is 0 Å². The molecule has 19 heavy (non-hydrogen) atoms. The molecule has 0 aliphatic carbocycles. The van der Waals surface area contributed by atoms with Crippen LogP contribution in [-0.4, -0.2) is 25.0 Å². The summed E-state index contributed by atoms with van der Waals surface area (Å²) in [6, 6.07) is 6.14. The number of halogens is 1. The molecule has 1 heterocycles. The first-order chi connectivity index (χ1) is 9.13. The summed E-state index contributed by atoms with van der Waals surface area (Å²) in [4.78, 5) is 13.9. The summed E-state index contributed by atoms with van der Waals surface area (Å²) >= 11 is 3.39. The molecule has 0 radical (unpaired) electrons. The van der Waals surface area contributed by atoms with E-state index in [9.17, 15) is 4.79 Å². The van der Waals surface area contributed by atoms with E-state index in [0.29, 0.717) is 18.2 Å². The van der Waals surface area contributed by atoms with Gasteiger partial charge in [-0.2, -0.15) is 0 Å². The molecule has 0 spiro atoms. The highest BCUT2D eigenvalue weighted by molar-refractivity contribution is 9.10. The molecular formula is C14H20BrN3O. The number of rotatable bonds is 4. The van der Waals surface area contributed by atoms with E-state index >= 15 is 0 Å². The number of benzene rings is 1. The number of primary amides is 1. The minimum atomic E-state index is -0.381. The Kier molecular flexibility index (Phi) is 4.82. The van der Waals surface area contributed by atoms with Crippen LogP contribution in [0.25, 0.3) is 0 Å². The highest BCUT2D eigenvalue weighted by atomic mass is 79.9. The van der Waals surface area contributed by atoms with Crippen molar-refractivity contribution in [2.24, 2.45) is 11.5 Å². The molecule has 0 bridgehead atoms. The standard InChI is InChI=1S/C14H20BrN3O/c15-10-4-5-13(12(9-10)14(17)19)18-8-2-1-3-11(18)6-7-16/h4-5,9,11H,1-3,6-8,16H2,(H2,17,19). The van der Waals surface area contributed by atoms with Crippen molar-refractivity contribution >= 4 is 27.5 Å². The summed E-state index contributed by atoms with van der Waals surface area (Å²) in [6.45, 7) is 1.64. The number of carbonyl (C=O) groups is 1. The van der Waals surface area contributed by atoms with E-state index in [1.807, 2.05) is 12.1 Å². The number of hydrogen-bond acceptors (Lipinski definition) is 3. The Morgan fingerprint density at radius 1 is 1.42 bits per heavy atom. The average molecular weight is 326 g/mol. The van der Waals surface area contributed by atoms with E-state index in [-0.39, 0.29) is 5.91 Å². The maximum Gasteiger partial charge on any atom is 0.250 e. The normalized spacial score (nSPS) is 19.5. The first-order valence-corrected chi connectivity index (χ1v) is 7.49. The van der Waals surface area contributed by atoms with E-state index in [1.54, 1.807) is 6.07 Å². The lowest BCUT2D eigenvalue weighted by Gasteiger charge is -2.38. The Morgan fingerprint density at radius 2 is 2.21 bits per heavy atom. The summed E-state index contributed by atoms with van der Waals surface area (Å²) in [6.07, 6.45) is 4.46. The Balaban J connectivity index is 2.35. The molecule has 1 amide bonds. The summed E-state index contributed by atoms with van der Waals surface area (Å²) in [7, 11) is 0. The lowest BCUT2D eigenvalue weighted by Crippen LogP contribution is -2.41. The van der Waals surface area contributed by atoms with E-state index in [4.69, 9.17) is 11.5 Å². The van der Waals surface area contributed by atoms with Gasteiger partial charge in [-0.15, -0.1) is 0 Å². The van der Waals surface area contributed by atoms with Gasteiger partial charge in [0, 0.05) is 22.7 Å². The number of anilines is 1. The average Bonchev–Trinajstić information content (AvgIpc) is 2.40. The molecule has 1 aliphatic heterocycles. The fraction of sp³-hybridized carbons (Fsp3) is 0.500. The Labute approximate surface area is 122 Å². The van der Waals surface area contributed by atoms with Gasteiger partial charge in [0.15, 0.2) is 0 Å². The van der Waals surface area contributed by atoms with Gasteiger partial charge >= 0.3 is 0 Å². The van der Waals surface area contributed by atoms with Crippen molar-refractivity contribution in [3.63, 3.8) is 0 Å². The highest BCUT2D eigenvalue weighted by Gasteiger charge is 2.25. The van der Waals surface area contributed by atoms with Crippen LogP contribution in [0, 0.1) is 0 Å². The molecule has 1 atom stereocenters. The minimum absolute atomic E-state index is 0.381. The first-order valence-electron chi connectivity index (χ1n) is 6.69. The van der Waals surface area contributed by atoms with Crippen LogP contribution in [0.5, 0.6) is 0 Å². The van der Waals surface area contributed by atoms with Gasteiger partial charge in [0.05, 0.1) is 5.56 Å². The van der Waals surface area contributed by atoms with Gasteiger partial charge in [0.25, 0.3) is 5.91 Å². The fourth-order valence-electron chi connectivity index (χ4n) is 2.77. The van der Waals surface area contributed by atoms with Gasteiger partial charge in [0.1, 0.15) is 0 Å². The van der Waals surface area contributed by atoms with Crippen molar-refractivity contribution in [2.75, 3.05) is 18.0 Å². The Morgan fingerprint density at radius 3 is 2.89 bits per heavy atom. The predicted molar refractivity (Wildman–Crippen MR) is 81.3 cm³/mol. The van der Waals surface area contributed by atoms with Crippen molar-refractivity contribution in [3.05, 3.63) is 28.2 Å². The van der Waals surface area contributed by atoms with Crippen LogP contribution in [0.1, 0.15) is 36.0 Å². The van der Waals surface area contributed by atoms with E-state index in [1.165, 1.54) is 6.42 Å². The molecule has 4 nitrogen and oxygen atoms in total. The van der Waals surface area contributed by atoms with Crippen molar-refractivity contribution in [2.45, 2.75) is 31.7 Å². The maximum absolute atomic E-state index is 11.6. The third-order valence-electron chi connectivity index (χ3n) is 3.66. The molecule has 1 fully saturated rings. The zero-order valence-electron chi connectivity index (χ0n) is 10.9. The smallest absolute Gasteiger partial charge is 0.250 e. The zero-order chi connectivity index (χ0) is 13.8. The summed E-state index contributed by atoms with van der Waals surface area (Å²) in [5, 5.41) is 0. The zero-order valence-corrected chi connectivity index (χ0v) is 12.5. The highest BCUT2D eigenvalue weighted by Crippen LogP contribution is 2.30. The molecule has 1 aromatic rings. The second kappa shape index (κ2) is 6.39. The number of amides is 1. The van der Waals surface area contributed by atoms with Gasteiger partial charge in [-0.05, 0) is 50.4 Å².